The van der Waals surface area contributed by atoms with Crippen molar-refractivity contribution in [2.24, 2.45) is 5.73 Å². The molecule has 0 bridgehead atoms. The normalized spacial score (nSPS) is 18.4. The molecule has 1 fully saturated rings. The van der Waals surface area contributed by atoms with Crippen LogP contribution in [0.2, 0.25) is 0 Å². The SMILES string of the molecule is CN1CCN(CC(O)COc2cccc(C(N)=S)c2)CC1. The third-order valence-corrected chi connectivity index (χ3v) is 3.86. The van der Waals surface area contributed by atoms with Gasteiger partial charge in [-0.05, 0) is 19.2 Å². The van der Waals surface area contributed by atoms with Crippen molar-refractivity contribution in [1.82, 2.24) is 9.80 Å². The van der Waals surface area contributed by atoms with Gasteiger partial charge >= 0.3 is 0 Å². The summed E-state index contributed by atoms with van der Waals surface area (Å²) < 4.78 is 5.62. The van der Waals surface area contributed by atoms with Gasteiger partial charge in [0.15, 0.2) is 0 Å². The summed E-state index contributed by atoms with van der Waals surface area (Å²) in [5.41, 5.74) is 6.36. The molecule has 1 aromatic rings. The third kappa shape index (κ3) is 5.24. The van der Waals surface area contributed by atoms with Crippen LogP contribution < -0.4 is 10.5 Å². The van der Waals surface area contributed by atoms with Crippen molar-refractivity contribution in [2.45, 2.75) is 6.10 Å². The van der Waals surface area contributed by atoms with Gasteiger partial charge in [0.1, 0.15) is 23.4 Å². The molecule has 1 heterocycles. The second-order valence-corrected chi connectivity index (χ2v) is 5.90. The number of hydrogen-bond donors (Lipinski definition) is 2. The van der Waals surface area contributed by atoms with Gasteiger partial charge in [-0.25, -0.2) is 0 Å². The van der Waals surface area contributed by atoms with E-state index in [9.17, 15) is 5.11 Å². The summed E-state index contributed by atoms with van der Waals surface area (Å²) in [6.07, 6.45) is -0.498. The van der Waals surface area contributed by atoms with Crippen LogP contribution in [0.25, 0.3) is 0 Å². The average molecular weight is 309 g/mol. The number of nitrogens with two attached hydrogens (primary N) is 1. The van der Waals surface area contributed by atoms with Crippen LogP contribution in [0, 0.1) is 0 Å². The van der Waals surface area contributed by atoms with Crippen LogP contribution in [-0.2, 0) is 0 Å². The zero-order valence-electron chi connectivity index (χ0n) is 12.4. The van der Waals surface area contributed by atoms with E-state index in [0.29, 0.717) is 17.3 Å². The number of thiocarbonyl (C=S) groups is 1. The van der Waals surface area contributed by atoms with Gasteiger partial charge in [-0.2, -0.15) is 0 Å². The number of β-amino-alcohol motifs (C(OH)–C–C–N with tert-alkyl or cyclic N) is 1. The number of nitrogens with zero attached hydrogens (tertiary/aromatic N) is 2. The Balaban J connectivity index is 1.77. The van der Waals surface area contributed by atoms with Gasteiger partial charge in [0, 0.05) is 38.3 Å². The Labute approximate surface area is 131 Å². The highest BCUT2D eigenvalue weighted by Crippen LogP contribution is 2.13. The summed E-state index contributed by atoms with van der Waals surface area (Å²) in [7, 11) is 2.12. The molecule has 0 saturated carbocycles. The number of ether oxygens (including phenoxy) is 1. The number of piperazine rings is 1. The zero-order chi connectivity index (χ0) is 15.2. The lowest BCUT2D eigenvalue weighted by Crippen LogP contribution is -2.47. The van der Waals surface area contributed by atoms with Crippen molar-refractivity contribution in [1.29, 1.82) is 0 Å². The lowest BCUT2D eigenvalue weighted by atomic mass is 10.2. The molecule has 1 aliphatic rings. The van der Waals surface area contributed by atoms with Gasteiger partial charge in [-0.15, -0.1) is 0 Å². The second kappa shape index (κ2) is 7.70. The first-order chi connectivity index (χ1) is 10.0. The Morgan fingerprint density at radius 2 is 2.10 bits per heavy atom. The highest BCUT2D eigenvalue weighted by Gasteiger charge is 2.17. The van der Waals surface area contributed by atoms with Crippen molar-refractivity contribution < 1.29 is 9.84 Å². The minimum atomic E-state index is -0.498. The number of likely N-dealkylation sites (N-methyl/N-ethyl adjacent to an activating group) is 1. The molecule has 0 radical (unpaired) electrons. The predicted octanol–water partition coefficient (Wildman–Crippen LogP) is 0.308. The minimum absolute atomic E-state index is 0.271. The summed E-state index contributed by atoms with van der Waals surface area (Å²) in [5.74, 6) is 0.678. The molecular formula is C15H23N3O2S. The molecule has 5 nitrogen and oxygen atoms in total. The molecule has 0 aliphatic carbocycles. The van der Waals surface area contributed by atoms with Gasteiger partial charge in [-0.3, -0.25) is 4.90 Å². The molecule has 0 spiro atoms. The van der Waals surface area contributed by atoms with Crippen LogP contribution >= 0.6 is 12.2 Å². The monoisotopic (exact) mass is 309 g/mol. The van der Waals surface area contributed by atoms with Crippen LogP contribution in [-0.4, -0.2) is 72.4 Å². The molecule has 6 heteroatoms. The van der Waals surface area contributed by atoms with Crippen LogP contribution in [0.5, 0.6) is 5.75 Å². The van der Waals surface area contributed by atoms with Gasteiger partial charge in [0.2, 0.25) is 0 Å². The van der Waals surface area contributed by atoms with E-state index in [0.717, 1.165) is 31.7 Å². The lowest BCUT2D eigenvalue weighted by molar-refractivity contribution is 0.0505. The molecule has 1 aromatic carbocycles. The first-order valence-corrected chi connectivity index (χ1v) is 7.57. The number of aliphatic hydroxyl groups is 1. The fourth-order valence-corrected chi connectivity index (χ4v) is 2.44. The van der Waals surface area contributed by atoms with Gasteiger partial charge in [-0.1, -0.05) is 24.4 Å². The summed E-state index contributed by atoms with van der Waals surface area (Å²) >= 11 is 4.94. The maximum absolute atomic E-state index is 10.1. The number of hydrogen-bond acceptors (Lipinski definition) is 5. The van der Waals surface area contributed by atoms with E-state index in [1.165, 1.54) is 0 Å². The second-order valence-electron chi connectivity index (χ2n) is 5.46. The fraction of sp³-hybridized carbons (Fsp3) is 0.533. The maximum atomic E-state index is 10.1. The van der Waals surface area contributed by atoms with Gasteiger partial charge in [0.05, 0.1) is 0 Å². The molecule has 0 aromatic heterocycles. The van der Waals surface area contributed by atoms with Crippen LogP contribution in [0.4, 0.5) is 0 Å². The molecule has 116 valence electrons. The van der Waals surface area contributed by atoms with E-state index < -0.39 is 6.10 Å². The Bertz CT molecular complexity index is 476. The van der Waals surface area contributed by atoms with E-state index in [1.54, 1.807) is 6.07 Å². The molecule has 1 saturated heterocycles. The van der Waals surface area contributed by atoms with Gasteiger partial charge in [0.25, 0.3) is 0 Å². The van der Waals surface area contributed by atoms with Crippen molar-refractivity contribution >= 4 is 17.2 Å². The first-order valence-electron chi connectivity index (χ1n) is 7.16. The van der Waals surface area contributed by atoms with Crippen molar-refractivity contribution in [3.8, 4) is 5.75 Å². The van der Waals surface area contributed by atoms with Crippen LogP contribution in [0.3, 0.4) is 0 Å². The Kier molecular flexibility index (Phi) is 5.93. The molecule has 21 heavy (non-hydrogen) atoms. The van der Waals surface area contributed by atoms with E-state index >= 15 is 0 Å². The standard InChI is InChI=1S/C15H23N3O2S/c1-17-5-7-18(8-6-17)10-13(19)11-20-14-4-2-3-12(9-14)15(16)21/h2-4,9,13,19H,5-8,10-11H2,1H3,(H2,16,21). The number of rotatable bonds is 6. The number of benzene rings is 1. The molecule has 1 aliphatic heterocycles. The van der Waals surface area contributed by atoms with E-state index in [4.69, 9.17) is 22.7 Å². The topological polar surface area (TPSA) is 62.0 Å². The molecule has 1 unspecified atom stereocenters. The first kappa shape index (κ1) is 16.2. The predicted molar refractivity (Wildman–Crippen MR) is 87.8 cm³/mol. The molecule has 3 N–H and O–H groups in total. The molecular weight excluding hydrogens is 286 g/mol. The molecule has 2 rings (SSSR count). The largest absolute Gasteiger partial charge is 0.491 e. The van der Waals surface area contributed by atoms with Crippen molar-refractivity contribution in [2.75, 3.05) is 46.4 Å². The maximum Gasteiger partial charge on any atom is 0.120 e. The highest BCUT2D eigenvalue weighted by atomic mass is 32.1. The van der Waals surface area contributed by atoms with E-state index in [1.807, 2.05) is 18.2 Å². The summed E-state index contributed by atoms with van der Waals surface area (Å²) in [6, 6.07) is 7.32. The van der Waals surface area contributed by atoms with Crippen molar-refractivity contribution in [3.05, 3.63) is 29.8 Å². The smallest absolute Gasteiger partial charge is 0.120 e. The summed E-state index contributed by atoms with van der Waals surface area (Å²) in [6.45, 7) is 4.98. The van der Waals surface area contributed by atoms with E-state index in [2.05, 4.69) is 16.8 Å². The molecule has 0 amide bonds. The molecule has 1 atom stereocenters. The quantitative estimate of drug-likeness (QED) is 0.738. The zero-order valence-corrected chi connectivity index (χ0v) is 13.2. The average Bonchev–Trinajstić information content (AvgIpc) is 2.48. The Hall–Kier alpha value is -1.21. The summed E-state index contributed by atoms with van der Waals surface area (Å²) in [5, 5.41) is 10.1. The third-order valence-electron chi connectivity index (χ3n) is 3.63. The Morgan fingerprint density at radius 3 is 2.76 bits per heavy atom. The fourth-order valence-electron chi connectivity index (χ4n) is 2.31. The summed E-state index contributed by atoms with van der Waals surface area (Å²) in [4.78, 5) is 4.90. The number of aliphatic hydroxyl groups excluding tert-OH is 1. The van der Waals surface area contributed by atoms with Crippen LogP contribution in [0.1, 0.15) is 5.56 Å². The lowest BCUT2D eigenvalue weighted by Gasteiger charge is -2.33. The minimum Gasteiger partial charge on any atom is -0.491 e. The Morgan fingerprint density at radius 1 is 1.38 bits per heavy atom. The van der Waals surface area contributed by atoms with E-state index in [-0.39, 0.29) is 6.61 Å². The van der Waals surface area contributed by atoms with Crippen LogP contribution in [0.15, 0.2) is 24.3 Å². The highest BCUT2D eigenvalue weighted by molar-refractivity contribution is 7.80. The van der Waals surface area contributed by atoms with Gasteiger partial charge < -0.3 is 20.5 Å². The van der Waals surface area contributed by atoms with Crippen molar-refractivity contribution in [3.63, 3.8) is 0 Å².